The van der Waals surface area contributed by atoms with Gasteiger partial charge in [0.05, 0.1) is 23.0 Å². The van der Waals surface area contributed by atoms with Crippen LogP contribution < -0.4 is 9.47 Å². The molecule has 2 amide bonds. The third-order valence-corrected chi connectivity index (χ3v) is 5.09. The van der Waals surface area contributed by atoms with Crippen molar-refractivity contribution in [3.8, 4) is 11.5 Å². The zero-order chi connectivity index (χ0) is 22.5. The molecular formula is C21H18N2O7S. The molecule has 0 bridgehead atoms. The monoisotopic (exact) mass is 442 g/mol. The maximum Gasteiger partial charge on any atom is 0.308 e. The van der Waals surface area contributed by atoms with Gasteiger partial charge in [-0.2, -0.15) is 0 Å². The van der Waals surface area contributed by atoms with Crippen molar-refractivity contribution in [2.75, 3.05) is 6.61 Å². The van der Waals surface area contributed by atoms with E-state index in [-0.39, 0.29) is 22.9 Å². The number of thioether (sulfide) groups is 1. The molecule has 1 aliphatic heterocycles. The summed E-state index contributed by atoms with van der Waals surface area (Å²) >= 11 is 0.802. The molecule has 31 heavy (non-hydrogen) atoms. The van der Waals surface area contributed by atoms with Gasteiger partial charge in [0, 0.05) is 19.1 Å². The summed E-state index contributed by atoms with van der Waals surface area (Å²) in [7, 11) is 0. The molecule has 2 aromatic carbocycles. The summed E-state index contributed by atoms with van der Waals surface area (Å²) < 4.78 is 10.6. The number of benzene rings is 2. The number of imide groups is 1. The van der Waals surface area contributed by atoms with Crippen LogP contribution in [0, 0.1) is 10.1 Å². The molecule has 160 valence electrons. The SMILES string of the molecule is CCOc1cc(/C=C2\SC(=O)N(Cc3ccc([N+](=O)[O-])cc3)C2=O)ccc1OC(C)=O. The second-order valence-electron chi connectivity index (χ2n) is 6.42. The largest absolute Gasteiger partial charge is 0.490 e. The minimum Gasteiger partial charge on any atom is -0.490 e. The second kappa shape index (κ2) is 9.43. The summed E-state index contributed by atoms with van der Waals surface area (Å²) in [5.41, 5.74) is 1.12. The van der Waals surface area contributed by atoms with Gasteiger partial charge in [0.2, 0.25) is 0 Å². The van der Waals surface area contributed by atoms with E-state index in [2.05, 4.69) is 0 Å². The van der Waals surface area contributed by atoms with Crippen LogP contribution in [0.25, 0.3) is 6.08 Å². The predicted octanol–water partition coefficient (Wildman–Crippen LogP) is 4.16. The fraction of sp³-hybridized carbons (Fsp3) is 0.190. The highest BCUT2D eigenvalue weighted by molar-refractivity contribution is 8.18. The number of amides is 2. The number of nitrogens with zero attached hydrogens (tertiary/aromatic N) is 2. The van der Waals surface area contributed by atoms with Crippen LogP contribution in [-0.4, -0.2) is 33.5 Å². The van der Waals surface area contributed by atoms with Gasteiger partial charge in [-0.1, -0.05) is 18.2 Å². The summed E-state index contributed by atoms with van der Waals surface area (Å²) in [5, 5.41) is 10.3. The Kier molecular flexibility index (Phi) is 6.71. The highest BCUT2D eigenvalue weighted by Crippen LogP contribution is 2.35. The van der Waals surface area contributed by atoms with Gasteiger partial charge in [-0.15, -0.1) is 0 Å². The summed E-state index contributed by atoms with van der Waals surface area (Å²) in [4.78, 5) is 47.9. The third-order valence-electron chi connectivity index (χ3n) is 4.18. The fourth-order valence-corrected chi connectivity index (χ4v) is 3.65. The maximum absolute atomic E-state index is 12.7. The normalized spacial score (nSPS) is 14.8. The molecule has 1 heterocycles. The zero-order valence-corrected chi connectivity index (χ0v) is 17.5. The van der Waals surface area contributed by atoms with Gasteiger partial charge < -0.3 is 9.47 Å². The first kappa shape index (κ1) is 22.0. The van der Waals surface area contributed by atoms with Crippen LogP contribution in [0.4, 0.5) is 10.5 Å². The molecule has 0 radical (unpaired) electrons. The Morgan fingerprint density at radius 3 is 2.48 bits per heavy atom. The Labute approximate surface area is 181 Å². The first-order valence-corrected chi connectivity index (χ1v) is 10.0. The first-order chi connectivity index (χ1) is 14.8. The van der Waals surface area contributed by atoms with Crippen molar-refractivity contribution < 1.29 is 28.8 Å². The van der Waals surface area contributed by atoms with Crippen LogP contribution in [0.2, 0.25) is 0 Å². The van der Waals surface area contributed by atoms with Crippen LogP contribution >= 0.6 is 11.8 Å². The maximum atomic E-state index is 12.7. The zero-order valence-electron chi connectivity index (χ0n) is 16.7. The minimum absolute atomic E-state index is 0.00951. The third kappa shape index (κ3) is 5.28. The quantitative estimate of drug-likeness (QED) is 0.206. The summed E-state index contributed by atoms with van der Waals surface area (Å²) in [6.07, 6.45) is 1.56. The highest BCUT2D eigenvalue weighted by Gasteiger charge is 2.35. The van der Waals surface area contributed by atoms with Crippen LogP contribution in [0.15, 0.2) is 47.4 Å². The van der Waals surface area contributed by atoms with Crippen molar-refractivity contribution in [3.63, 3.8) is 0 Å². The number of nitro benzene ring substituents is 1. The molecule has 1 saturated heterocycles. The van der Waals surface area contributed by atoms with Crippen molar-refractivity contribution in [1.29, 1.82) is 0 Å². The van der Waals surface area contributed by atoms with Gasteiger partial charge >= 0.3 is 5.97 Å². The number of hydrogen-bond acceptors (Lipinski definition) is 8. The average Bonchev–Trinajstić information content (AvgIpc) is 2.97. The van der Waals surface area contributed by atoms with Gasteiger partial charge in [-0.25, -0.2) is 0 Å². The van der Waals surface area contributed by atoms with Crippen molar-refractivity contribution in [3.05, 3.63) is 68.6 Å². The molecule has 0 atom stereocenters. The summed E-state index contributed by atoms with van der Waals surface area (Å²) in [6.45, 7) is 3.43. The molecule has 0 unspecified atom stereocenters. The summed E-state index contributed by atoms with van der Waals surface area (Å²) in [6, 6.07) is 10.5. The molecule has 10 heteroatoms. The molecule has 0 aliphatic carbocycles. The van der Waals surface area contributed by atoms with Gasteiger partial charge in [-0.05, 0) is 48.0 Å². The van der Waals surface area contributed by atoms with E-state index in [1.807, 2.05) is 0 Å². The molecule has 3 rings (SSSR count). The smallest absolute Gasteiger partial charge is 0.308 e. The highest BCUT2D eigenvalue weighted by atomic mass is 32.2. The van der Waals surface area contributed by atoms with Crippen molar-refractivity contribution in [1.82, 2.24) is 4.90 Å². The molecule has 0 aromatic heterocycles. The number of ether oxygens (including phenoxy) is 2. The standard InChI is InChI=1S/C21H18N2O7S/c1-3-29-18-10-15(6-9-17(18)30-13(2)24)11-19-20(25)22(21(26)31-19)12-14-4-7-16(8-5-14)23(27)28/h4-11H,3,12H2,1-2H3/b19-11-. The van der Waals surface area contributed by atoms with E-state index >= 15 is 0 Å². The van der Waals surface area contributed by atoms with E-state index in [9.17, 15) is 24.5 Å². The van der Waals surface area contributed by atoms with Gasteiger partial charge in [0.25, 0.3) is 16.8 Å². The van der Waals surface area contributed by atoms with Crippen molar-refractivity contribution >= 4 is 40.6 Å². The first-order valence-electron chi connectivity index (χ1n) is 9.22. The van der Waals surface area contributed by atoms with Gasteiger partial charge in [0.1, 0.15) is 0 Å². The van der Waals surface area contributed by atoms with Gasteiger partial charge in [0.15, 0.2) is 11.5 Å². The van der Waals surface area contributed by atoms with Crippen LogP contribution in [-0.2, 0) is 16.1 Å². The van der Waals surface area contributed by atoms with E-state index in [1.165, 1.54) is 31.2 Å². The van der Waals surface area contributed by atoms with E-state index in [0.717, 1.165) is 16.7 Å². The lowest BCUT2D eigenvalue weighted by molar-refractivity contribution is -0.384. The van der Waals surface area contributed by atoms with E-state index < -0.39 is 22.0 Å². The van der Waals surface area contributed by atoms with E-state index in [1.54, 1.807) is 31.2 Å². The Balaban J connectivity index is 1.80. The number of nitro groups is 1. The van der Waals surface area contributed by atoms with Crippen molar-refractivity contribution in [2.45, 2.75) is 20.4 Å². The topological polar surface area (TPSA) is 116 Å². The molecule has 2 aromatic rings. The van der Waals surface area contributed by atoms with Crippen molar-refractivity contribution in [2.24, 2.45) is 0 Å². The number of hydrogen-bond donors (Lipinski definition) is 0. The Hall–Kier alpha value is -3.66. The number of non-ortho nitro benzene ring substituents is 1. The summed E-state index contributed by atoms with van der Waals surface area (Å²) in [5.74, 6) is -0.342. The molecule has 0 N–H and O–H groups in total. The Morgan fingerprint density at radius 1 is 1.16 bits per heavy atom. The van der Waals surface area contributed by atoms with Crippen LogP contribution in [0.1, 0.15) is 25.0 Å². The van der Waals surface area contributed by atoms with Crippen LogP contribution in [0.3, 0.4) is 0 Å². The second-order valence-corrected chi connectivity index (χ2v) is 7.42. The average molecular weight is 442 g/mol. The van der Waals surface area contributed by atoms with Crippen LogP contribution in [0.5, 0.6) is 11.5 Å². The lowest BCUT2D eigenvalue weighted by Gasteiger charge is -2.12. The lowest BCUT2D eigenvalue weighted by Crippen LogP contribution is -2.27. The molecule has 1 aliphatic rings. The fourth-order valence-electron chi connectivity index (χ4n) is 2.82. The number of carbonyl (C=O) groups is 3. The number of rotatable bonds is 7. The molecule has 1 fully saturated rings. The molecular weight excluding hydrogens is 424 g/mol. The molecule has 0 saturated carbocycles. The van der Waals surface area contributed by atoms with E-state index in [4.69, 9.17) is 9.47 Å². The van der Waals surface area contributed by atoms with Gasteiger partial charge in [-0.3, -0.25) is 29.4 Å². The van der Waals surface area contributed by atoms with E-state index in [0.29, 0.717) is 23.5 Å². The number of carbonyl (C=O) groups excluding carboxylic acids is 3. The molecule has 9 nitrogen and oxygen atoms in total. The lowest BCUT2D eigenvalue weighted by atomic mass is 10.1. The molecule has 0 spiro atoms. The Morgan fingerprint density at radius 2 is 1.87 bits per heavy atom. The Bertz CT molecular complexity index is 1080. The number of esters is 1. The predicted molar refractivity (Wildman–Crippen MR) is 114 cm³/mol. The minimum atomic E-state index is -0.518.